The van der Waals surface area contributed by atoms with Crippen molar-refractivity contribution < 1.29 is 8.42 Å². The van der Waals surface area contributed by atoms with E-state index in [1.54, 1.807) is 0 Å². The molecule has 8 heteroatoms. The molecular formula is C2H5ClN4O2S. The molecule has 1 rings (SSSR count). The molecule has 0 fully saturated rings. The molecule has 3 N–H and O–H groups in total. The highest BCUT2D eigenvalue weighted by Crippen LogP contribution is 1.90. The Morgan fingerprint density at radius 1 is 1.60 bits per heavy atom. The maximum atomic E-state index is 10.3. The first kappa shape index (κ1) is 9.34. The van der Waals surface area contributed by atoms with Crippen molar-refractivity contribution in [2.45, 2.75) is 5.16 Å². The van der Waals surface area contributed by atoms with Gasteiger partial charge in [-0.2, -0.15) is 5.10 Å². The Balaban J connectivity index is 0.000000810. The van der Waals surface area contributed by atoms with Crippen molar-refractivity contribution in [2.75, 3.05) is 0 Å². The Bertz CT molecular complexity index is 278. The van der Waals surface area contributed by atoms with E-state index in [1.165, 1.54) is 0 Å². The summed E-state index contributed by atoms with van der Waals surface area (Å²) in [6, 6.07) is 0. The highest BCUT2D eigenvalue weighted by Gasteiger charge is 2.08. The lowest BCUT2D eigenvalue weighted by molar-refractivity contribution is 0.589. The van der Waals surface area contributed by atoms with Gasteiger partial charge in [0.15, 0.2) is 0 Å². The summed E-state index contributed by atoms with van der Waals surface area (Å²) < 4.78 is 20.7. The van der Waals surface area contributed by atoms with Crippen molar-refractivity contribution in [2.24, 2.45) is 5.14 Å². The van der Waals surface area contributed by atoms with Crippen LogP contribution in [-0.2, 0) is 10.0 Å². The topological polar surface area (TPSA) is 102 Å². The first-order chi connectivity index (χ1) is 4.11. The number of nitrogens with one attached hydrogen (secondary N) is 1. The van der Waals surface area contributed by atoms with Gasteiger partial charge in [-0.1, -0.05) is 0 Å². The molecule has 1 aromatic heterocycles. The van der Waals surface area contributed by atoms with Gasteiger partial charge in [0, 0.05) is 0 Å². The molecule has 0 aliphatic rings. The maximum absolute atomic E-state index is 10.3. The van der Waals surface area contributed by atoms with E-state index < -0.39 is 10.0 Å². The Morgan fingerprint density at radius 2 is 2.20 bits per heavy atom. The van der Waals surface area contributed by atoms with Crippen molar-refractivity contribution in [1.82, 2.24) is 15.2 Å². The molecule has 0 aromatic carbocycles. The monoisotopic (exact) mass is 184 g/mol. The summed E-state index contributed by atoms with van der Waals surface area (Å²) in [7, 11) is -3.69. The van der Waals surface area contributed by atoms with Gasteiger partial charge in [0.25, 0.3) is 15.2 Å². The van der Waals surface area contributed by atoms with Gasteiger partial charge in [-0.25, -0.2) is 23.6 Å². The summed E-state index contributed by atoms with van der Waals surface area (Å²) >= 11 is 0. The molecular weight excluding hydrogens is 180 g/mol. The average molecular weight is 185 g/mol. The molecule has 0 saturated carbocycles. The Kier molecular flexibility index (Phi) is 2.76. The minimum absolute atomic E-state index is 0. The SMILES string of the molecule is Cl.NS(=O)(=O)c1ncn[nH]1. The second-order valence-corrected chi connectivity index (χ2v) is 2.81. The Hall–Kier alpha value is -0.660. The van der Waals surface area contributed by atoms with Crippen LogP contribution in [0.5, 0.6) is 0 Å². The third-order valence-corrected chi connectivity index (χ3v) is 1.40. The maximum Gasteiger partial charge on any atom is 0.273 e. The average Bonchev–Trinajstić information content (AvgIpc) is 2.08. The van der Waals surface area contributed by atoms with Crippen molar-refractivity contribution in [3.05, 3.63) is 6.33 Å². The molecule has 0 amide bonds. The molecule has 6 nitrogen and oxygen atoms in total. The fraction of sp³-hybridized carbons (Fsp3) is 0. The molecule has 0 aliphatic heterocycles. The van der Waals surface area contributed by atoms with Crippen molar-refractivity contribution in [3.63, 3.8) is 0 Å². The zero-order chi connectivity index (χ0) is 6.91. The van der Waals surface area contributed by atoms with Crippen molar-refractivity contribution in [1.29, 1.82) is 0 Å². The minimum atomic E-state index is -3.69. The van der Waals surface area contributed by atoms with Crippen LogP contribution in [0.25, 0.3) is 0 Å². The number of halogens is 1. The van der Waals surface area contributed by atoms with Crippen LogP contribution in [0.3, 0.4) is 0 Å². The van der Waals surface area contributed by atoms with Gasteiger partial charge in [-0.05, 0) is 0 Å². The first-order valence-electron chi connectivity index (χ1n) is 1.99. The van der Waals surface area contributed by atoms with Gasteiger partial charge in [-0.15, -0.1) is 12.4 Å². The van der Waals surface area contributed by atoms with Gasteiger partial charge in [-0.3, -0.25) is 0 Å². The lowest BCUT2D eigenvalue weighted by Gasteiger charge is -1.84. The second kappa shape index (κ2) is 2.95. The van der Waals surface area contributed by atoms with E-state index in [0.717, 1.165) is 6.33 Å². The summed E-state index contributed by atoms with van der Waals surface area (Å²) in [5.41, 5.74) is 0. The lowest BCUT2D eigenvalue weighted by atomic mass is 11.3. The zero-order valence-corrected chi connectivity index (χ0v) is 6.32. The molecule has 0 saturated heterocycles. The Morgan fingerprint density at radius 3 is 2.40 bits per heavy atom. The van der Waals surface area contributed by atoms with Crippen LogP contribution in [0.1, 0.15) is 0 Å². The Labute approximate surface area is 63.3 Å². The number of nitrogens with two attached hydrogens (primary N) is 1. The summed E-state index contributed by atoms with van der Waals surface area (Å²) in [5.74, 6) is 0. The largest absolute Gasteiger partial charge is 0.273 e. The molecule has 10 heavy (non-hydrogen) atoms. The van der Waals surface area contributed by atoms with Gasteiger partial charge >= 0.3 is 0 Å². The summed E-state index contributed by atoms with van der Waals surface area (Å²) in [4.78, 5) is 3.31. The summed E-state index contributed by atoms with van der Waals surface area (Å²) in [6.45, 7) is 0. The molecule has 0 atom stereocenters. The van der Waals surface area contributed by atoms with Crippen LogP contribution < -0.4 is 5.14 Å². The van der Waals surface area contributed by atoms with Gasteiger partial charge < -0.3 is 0 Å². The second-order valence-electron chi connectivity index (χ2n) is 1.34. The third-order valence-electron chi connectivity index (χ3n) is 0.662. The molecule has 0 unspecified atom stereocenters. The van der Waals surface area contributed by atoms with Gasteiger partial charge in [0.1, 0.15) is 6.33 Å². The van der Waals surface area contributed by atoms with Crippen LogP contribution in [-0.4, -0.2) is 23.6 Å². The number of H-pyrrole nitrogens is 1. The summed E-state index contributed by atoms with van der Waals surface area (Å²) in [5, 5.41) is 9.72. The van der Waals surface area contributed by atoms with Crippen molar-refractivity contribution >= 4 is 22.4 Å². The standard InChI is InChI=1S/C2H4N4O2S.ClH/c3-9(7,8)2-4-1-5-6-2;/h1H,(H2,3,7,8)(H,4,5,6);1H. The molecule has 1 heterocycles. The van der Waals surface area contributed by atoms with E-state index in [-0.39, 0.29) is 17.6 Å². The lowest BCUT2D eigenvalue weighted by Crippen LogP contribution is -2.13. The van der Waals surface area contributed by atoms with Crippen molar-refractivity contribution in [3.8, 4) is 0 Å². The first-order valence-corrected chi connectivity index (χ1v) is 3.53. The fourth-order valence-corrected chi connectivity index (χ4v) is 0.705. The molecule has 0 radical (unpaired) electrons. The highest BCUT2D eigenvalue weighted by molar-refractivity contribution is 7.89. The van der Waals surface area contributed by atoms with Crippen LogP contribution >= 0.6 is 12.4 Å². The number of aromatic nitrogens is 3. The van der Waals surface area contributed by atoms with Gasteiger partial charge in [0.05, 0.1) is 0 Å². The zero-order valence-electron chi connectivity index (χ0n) is 4.68. The number of rotatable bonds is 1. The predicted molar refractivity (Wildman–Crippen MR) is 35.0 cm³/mol. The van der Waals surface area contributed by atoms with Crippen LogP contribution in [0, 0.1) is 0 Å². The van der Waals surface area contributed by atoms with Crippen LogP contribution in [0.15, 0.2) is 11.5 Å². The van der Waals surface area contributed by atoms with E-state index in [1.807, 2.05) is 0 Å². The minimum Gasteiger partial charge on any atom is -0.249 e. The number of hydrogen-bond donors (Lipinski definition) is 2. The molecule has 0 bridgehead atoms. The quantitative estimate of drug-likeness (QED) is 0.577. The van der Waals surface area contributed by atoms with E-state index >= 15 is 0 Å². The highest BCUT2D eigenvalue weighted by atomic mass is 35.5. The van der Waals surface area contributed by atoms with Crippen LogP contribution in [0.2, 0.25) is 0 Å². The number of aromatic amines is 1. The summed E-state index contributed by atoms with van der Waals surface area (Å²) in [6.07, 6.45) is 1.07. The van der Waals surface area contributed by atoms with E-state index in [9.17, 15) is 8.42 Å². The number of hydrogen-bond acceptors (Lipinski definition) is 4. The molecule has 0 spiro atoms. The van der Waals surface area contributed by atoms with E-state index in [4.69, 9.17) is 0 Å². The number of nitrogens with zero attached hydrogens (tertiary/aromatic N) is 2. The smallest absolute Gasteiger partial charge is 0.249 e. The molecule has 1 aromatic rings. The fourth-order valence-electron chi connectivity index (χ4n) is 0.331. The van der Waals surface area contributed by atoms with Gasteiger partial charge in [0.2, 0.25) is 0 Å². The number of sulfonamides is 1. The predicted octanol–water partition coefficient (Wildman–Crippen LogP) is -1.13. The van der Waals surface area contributed by atoms with E-state index in [2.05, 4.69) is 20.3 Å². The molecule has 0 aliphatic carbocycles. The third kappa shape index (κ3) is 1.94. The normalized spacial score (nSPS) is 10.5. The number of primary sulfonamides is 1. The van der Waals surface area contributed by atoms with E-state index in [0.29, 0.717) is 0 Å². The molecule has 58 valence electrons. The van der Waals surface area contributed by atoms with Crippen LogP contribution in [0.4, 0.5) is 0 Å².